The van der Waals surface area contributed by atoms with Crippen LogP contribution in [0.5, 0.6) is 5.75 Å². The highest BCUT2D eigenvalue weighted by Crippen LogP contribution is 2.36. The van der Waals surface area contributed by atoms with Gasteiger partial charge in [-0.1, -0.05) is 30.3 Å². The second kappa shape index (κ2) is 5.32. The van der Waals surface area contributed by atoms with Crippen molar-refractivity contribution >= 4 is 16.9 Å². The number of carbonyl (C=O) groups is 1. The number of esters is 1. The first-order valence-corrected chi connectivity index (χ1v) is 6.78. The van der Waals surface area contributed by atoms with Crippen LogP contribution in [0.3, 0.4) is 0 Å². The van der Waals surface area contributed by atoms with Gasteiger partial charge in [-0.2, -0.15) is 0 Å². The van der Waals surface area contributed by atoms with Crippen LogP contribution in [0.4, 0.5) is 0 Å². The molecule has 0 bridgehead atoms. The molecule has 3 aromatic rings. The molecule has 0 spiro atoms. The molecule has 1 aromatic heterocycles. The minimum Gasteiger partial charge on any atom is -0.505 e. The molecule has 0 amide bonds. The second-order valence-electron chi connectivity index (χ2n) is 4.70. The van der Waals surface area contributed by atoms with E-state index in [0.717, 1.165) is 5.56 Å². The van der Waals surface area contributed by atoms with Gasteiger partial charge < -0.3 is 14.8 Å². The van der Waals surface area contributed by atoms with Crippen molar-refractivity contribution in [1.82, 2.24) is 4.98 Å². The average molecular weight is 281 g/mol. The molecule has 0 saturated heterocycles. The van der Waals surface area contributed by atoms with Crippen LogP contribution in [0.1, 0.15) is 17.3 Å². The molecule has 0 atom stereocenters. The SMILES string of the molecule is CCOC(=O)c1ccc2c(O)c(-c3ccccc3)[nH]c2c1. The predicted octanol–water partition coefficient (Wildman–Crippen LogP) is 3.72. The molecule has 106 valence electrons. The molecule has 3 rings (SSSR count). The first-order valence-electron chi connectivity index (χ1n) is 6.78. The standard InChI is InChI=1S/C17H15NO3/c1-2-21-17(20)12-8-9-13-14(10-12)18-15(16(13)19)11-6-4-3-5-7-11/h3-10,18-19H,2H2,1H3. The molecule has 1 heterocycles. The lowest BCUT2D eigenvalue weighted by Crippen LogP contribution is -2.03. The molecule has 0 fully saturated rings. The maximum Gasteiger partial charge on any atom is 0.338 e. The van der Waals surface area contributed by atoms with Crippen molar-refractivity contribution in [3.05, 3.63) is 54.1 Å². The Hall–Kier alpha value is -2.75. The lowest BCUT2D eigenvalue weighted by Gasteiger charge is -2.01. The fraction of sp³-hybridized carbons (Fsp3) is 0.118. The van der Waals surface area contributed by atoms with Crippen LogP contribution in [-0.2, 0) is 4.74 Å². The summed E-state index contributed by atoms with van der Waals surface area (Å²) in [6, 6.07) is 14.6. The summed E-state index contributed by atoms with van der Waals surface area (Å²) in [5.41, 5.74) is 2.71. The average Bonchev–Trinajstić information content (AvgIpc) is 2.85. The summed E-state index contributed by atoms with van der Waals surface area (Å²) in [6.07, 6.45) is 0. The molecule has 4 nitrogen and oxygen atoms in total. The van der Waals surface area contributed by atoms with Gasteiger partial charge in [-0.05, 0) is 25.1 Å². The van der Waals surface area contributed by atoms with Crippen LogP contribution in [0.25, 0.3) is 22.2 Å². The number of hydrogen-bond acceptors (Lipinski definition) is 3. The van der Waals surface area contributed by atoms with E-state index in [1.165, 1.54) is 0 Å². The van der Waals surface area contributed by atoms with Gasteiger partial charge in [-0.3, -0.25) is 0 Å². The molecular formula is C17H15NO3. The summed E-state index contributed by atoms with van der Waals surface area (Å²) in [4.78, 5) is 14.9. The Labute approximate surface area is 122 Å². The Morgan fingerprint density at radius 3 is 2.67 bits per heavy atom. The first kappa shape index (κ1) is 13.2. The number of nitrogens with one attached hydrogen (secondary N) is 1. The van der Waals surface area contributed by atoms with Crippen LogP contribution in [-0.4, -0.2) is 22.7 Å². The van der Waals surface area contributed by atoms with Gasteiger partial charge in [0.25, 0.3) is 0 Å². The summed E-state index contributed by atoms with van der Waals surface area (Å²) >= 11 is 0. The van der Waals surface area contributed by atoms with E-state index in [9.17, 15) is 9.90 Å². The van der Waals surface area contributed by atoms with E-state index >= 15 is 0 Å². The Morgan fingerprint density at radius 2 is 1.95 bits per heavy atom. The van der Waals surface area contributed by atoms with Crippen LogP contribution in [0.15, 0.2) is 48.5 Å². The minimum atomic E-state index is -0.366. The normalized spacial score (nSPS) is 10.7. The summed E-state index contributed by atoms with van der Waals surface area (Å²) in [6.45, 7) is 2.10. The molecule has 4 heteroatoms. The zero-order valence-corrected chi connectivity index (χ0v) is 11.6. The van der Waals surface area contributed by atoms with Gasteiger partial charge in [-0.25, -0.2) is 4.79 Å². The number of aromatic nitrogens is 1. The van der Waals surface area contributed by atoms with Crippen molar-refractivity contribution < 1.29 is 14.6 Å². The Morgan fingerprint density at radius 1 is 1.19 bits per heavy atom. The summed E-state index contributed by atoms with van der Waals surface area (Å²) in [5.74, 6) is -0.179. The number of aromatic hydroxyl groups is 1. The number of rotatable bonds is 3. The zero-order chi connectivity index (χ0) is 14.8. The number of fused-ring (bicyclic) bond motifs is 1. The van der Waals surface area contributed by atoms with Gasteiger partial charge in [0.2, 0.25) is 0 Å². The Bertz CT molecular complexity index is 790. The molecular weight excluding hydrogens is 266 g/mol. The topological polar surface area (TPSA) is 62.3 Å². The molecule has 2 aromatic carbocycles. The summed E-state index contributed by atoms with van der Waals surface area (Å²) < 4.78 is 4.98. The number of carbonyl (C=O) groups excluding carboxylic acids is 1. The minimum absolute atomic E-state index is 0.187. The second-order valence-corrected chi connectivity index (χ2v) is 4.70. The van der Waals surface area contributed by atoms with E-state index in [-0.39, 0.29) is 11.7 Å². The zero-order valence-electron chi connectivity index (χ0n) is 11.6. The fourth-order valence-electron chi connectivity index (χ4n) is 2.34. The largest absolute Gasteiger partial charge is 0.505 e. The number of hydrogen-bond donors (Lipinski definition) is 2. The van der Waals surface area contributed by atoms with Gasteiger partial charge in [-0.15, -0.1) is 0 Å². The van der Waals surface area contributed by atoms with Crippen molar-refractivity contribution in [2.45, 2.75) is 6.92 Å². The fourth-order valence-corrected chi connectivity index (χ4v) is 2.34. The van der Waals surface area contributed by atoms with E-state index in [4.69, 9.17) is 4.74 Å². The highest BCUT2D eigenvalue weighted by Gasteiger charge is 2.14. The lowest BCUT2D eigenvalue weighted by molar-refractivity contribution is 0.0526. The van der Waals surface area contributed by atoms with E-state index in [1.807, 2.05) is 30.3 Å². The monoisotopic (exact) mass is 281 g/mol. The van der Waals surface area contributed by atoms with Crippen LogP contribution >= 0.6 is 0 Å². The number of ether oxygens (including phenoxy) is 1. The first-order chi connectivity index (χ1) is 10.2. The molecule has 0 aliphatic rings. The molecule has 0 aliphatic heterocycles. The highest BCUT2D eigenvalue weighted by atomic mass is 16.5. The third-order valence-electron chi connectivity index (χ3n) is 3.34. The van der Waals surface area contributed by atoms with Crippen molar-refractivity contribution in [1.29, 1.82) is 0 Å². The van der Waals surface area contributed by atoms with Crippen molar-refractivity contribution in [2.75, 3.05) is 6.61 Å². The molecule has 0 radical (unpaired) electrons. The maximum atomic E-state index is 11.8. The number of aromatic amines is 1. The van der Waals surface area contributed by atoms with Gasteiger partial charge >= 0.3 is 5.97 Å². The molecule has 0 aliphatic carbocycles. The molecule has 21 heavy (non-hydrogen) atoms. The van der Waals surface area contributed by atoms with Crippen LogP contribution < -0.4 is 0 Å². The quantitative estimate of drug-likeness (QED) is 0.719. The van der Waals surface area contributed by atoms with Gasteiger partial charge in [0.05, 0.1) is 23.4 Å². The van der Waals surface area contributed by atoms with Gasteiger partial charge in [0.15, 0.2) is 0 Å². The third kappa shape index (κ3) is 2.36. The van der Waals surface area contributed by atoms with Crippen molar-refractivity contribution in [2.24, 2.45) is 0 Å². The summed E-state index contributed by atoms with van der Waals surface area (Å²) in [7, 11) is 0. The smallest absolute Gasteiger partial charge is 0.338 e. The van der Waals surface area contributed by atoms with E-state index < -0.39 is 0 Å². The number of benzene rings is 2. The molecule has 0 unspecified atom stereocenters. The predicted molar refractivity (Wildman–Crippen MR) is 81.4 cm³/mol. The van der Waals surface area contributed by atoms with Crippen LogP contribution in [0, 0.1) is 0 Å². The van der Waals surface area contributed by atoms with E-state index in [2.05, 4.69) is 4.98 Å². The summed E-state index contributed by atoms with van der Waals surface area (Å²) in [5, 5.41) is 11.0. The maximum absolute atomic E-state index is 11.8. The van der Waals surface area contributed by atoms with Crippen molar-refractivity contribution in [3.63, 3.8) is 0 Å². The van der Waals surface area contributed by atoms with Gasteiger partial charge in [0.1, 0.15) is 5.75 Å². The highest BCUT2D eigenvalue weighted by molar-refractivity contribution is 5.99. The Balaban J connectivity index is 2.10. The van der Waals surface area contributed by atoms with Gasteiger partial charge in [0, 0.05) is 10.9 Å². The van der Waals surface area contributed by atoms with Crippen molar-refractivity contribution in [3.8, 4) is 17.0 Å². The Kier molecular flexibility index (Phi) is 3.36. The van der Waals surface area contributed by atoms with E-state index in [1.54, 1.807) is 25.1 Å². The lowest BCUT2D eigenvalue weighted by atomic mass is 10.1. The molecule has 2 N–H and O–H groups in total. The molecule has 0 saturated carbocycles. The van der Waals surface area contributed by atoms with E-state index in [0.29, 0.717) is 28.8 Å². The third-order valence-corrected chi connectivity index (χ3v) is 3.34. The van der Waals surface area contributed by atoms with Crippen LogP contribution in [0.2, 0.25) is 0 Å². The number of H-pyrrole nitrogens is 1.